The van der Waals surface area contributed by atoms with Crippen molar-refractivity contribution in [3.8, 4) is 0 Å². The lowest BCUT2D eigenvalue weighted by molar-refractivity contribution is 0.0511. The van der Waals surface area contributed by atoms with E-state index in [0.29, 0.717) is 0 Å². The van der Waals surface area contributed by atoms with Crippen LogP contribution in [0.25, 0.3) is 0 Å². The van der Waals surface area contributed by atoms with Gasteiger partial charge in [-0.3, -0.25) is 0 Å². The summed E-state index contributed by atoms with van der Waals surface area (Å²) in [7, 11) is 0. The molecule has 0 aromatic heterocycles. The van der Waals surface area contributed by atoms with E-state index < -0.39 is 40.9 Å². The first-order chi connectivity index (χ1) is 9.74. The number of rotatable bonds is 3. The van der Waals surface area contributed by atoms with Crippen molar-refractivity contribution in [3.05, 3.63) is 69.2 Å². The van der Waals surface area contributed by atoms with Gasteiger partial charge < -0.3 is 5.11 Å². The van der Waals surface area contributed by atoms with Crippen molar-refractivity contribution < 1.29 is 22.7 Å². The van der Waals surface area contributed by atoms with E-state index in [4.69, 9.17) is 0 Å². The van der Waals surface area contributed by atoms with E-state index >= 15 is 0 Å². The molecule has 112 valence electrons. The highest BCUT2D eigenvalue weighted by molar-refractivity contribution is 9.10. The van der Waals surface area contributed by atoms with Gasteiger partial charge in [0, 0.05) is 17.5 Å². The maximum absolute atomic E-state index is 13.9. The molecule has 0 aliphatic carbocycles. The molecule has 0 amide bonds. The Morgan fingerprint density at radius 1 is 1.00 bits per heavy atom. The molecule has 0 fully saturated rings. The predicted octanol–water partition coefficient (Wildman–Crippen LogP) is 4.46. The lowest BCUT2D eigenvalue weighted by Crippen LogP contribution is -2.27. The standard InChI is InChI=1S/C15H11BrF4O/c1-15(21,9-3-2-4-12(18)14(9)20)7-8-11(17)6-5-10(16)13(8)19/h2-6,21H,7H2,1H3. The Morgan fingerprint density at radius 3 is 2.33 bits per heavy atom. The van der Waals surface area contributed by atoms with Crippen molar-refractivity contribution >= 4 is 15.9 Å². The van der Waals surface area contributed by atoms with E-state index in [1.807, 2.05) is 0 Å². The van der Waals surface area contributed by atoms with Crippen LogP contribution in [-0.2, 0) is 12.0 Å². The molecule has 0 radical (unpaired) electrons. The second-order valence-corrected chi connectivity index (χ2v) is 5.73. The summed E-state index contributed by atoms with van der Waals surface area (Å²) >= 11 is 2.91. The van der Waals surface area contributed by atoms with Crippen molar-refractivity contribution in [1.29, 1.82) is 0 Å². The third-order valence-corrected chi connectivity index (χ3v) is 3.80. The summed E-state index contributed by atoms with van der Waals surface area (Å²) in [5.41, 5.74) is -2.73. The highest BCUT2D eigenvalue weighted by Gasteiger charge is 2.31. The van der Waals surface area contributed by atoms with Crippen LogP contribution in [0.15, 0.2) is 34.8 Å². The van der Waals surface area contributed by atoms with Crippen molar-refractivity contribution in [1.82, 2.24) is 0 Å². The second kappa shape index (κ2) is 5.77. The fourth-order valence-corrected chi connectivity index (χ4v) is 2.46. The topological polar surface area (TPSA) is 20.2 Å². The Labute approximate surface area is 127 Å². The fourth-order valence-electron chi connectivity index (χ4n) is 2.09. The van der Waals surface area contributed by atoms with Gasteiger partial charge in [-0.25, -0.2) is 17.6 Å². The molecule has 0 saturated carbocycles. The van der Waals surface area contributed by atoms with Crippen LogP contribution in [0.1, 0.15) is 18.1 Å². The third-order valence-electron chi connectivity index (χ3n) is 3.19. The maximum atomic E-state index is 13.9. The summed E-state index contributed by atoms with van der Waals surface area (Å²) in [5, 5.41) is 10.3. The largest absolute Gasteiger partial charge is 0.385 e. The predicted molar refractivity (Wildman–Crippen MR) is 73.7 cm³/mol. The summed E-state index contributed by atoms with van der Waals surface area (Å²) in [6.07, 6.45) is -0.537. The summed E-state index contributed by atoms with van der Waals surface area (Å²) in [4.78, 5) is 0. The summed E-state index contributed by atoms with van der Waals surface area (Å²) in [5.74, 6) is -4.12. The van der Waals surface area contributed by atoms with Gasteiger partial charge in [0.15, 0.2) is 11.6 Å². The normalized spacial score (nSPS) is 14.0. The van der Waals surface area contributed by atoms with Crippen LogP contribution in [-0.4, -0.2) is 5.11 Å². The minimum Gasteiger partial charge on any atom is -0.385 e. The van der Waals surface area contributed by atoms with E-state index in [0.717, 1.165) is 12.1 Å². The highest BCUT2D eigenvalue weighted by Crippen LogP contribution is 2.32. The molecule has 1 nitrogen and oxygen atoms in total. The van der Waals surface area contributed by atoms with Crippen molar-refractivity contribution in [3.63, 3.8) is 0 Å². The first kappa shape index (κ1) is 16.0. The molecule has 0 aliphatic heterocycles. The molecular weight excluding hydrogens is 352 g/mol. The molecule has 0 spiro atoms. The number of hydrogen-bond acceptors (Lipinski definition) is 1. The molecule has 0 aliphatic rings. The van der Waals surface area contributed by atoms with Gasteiger partial charge >= 0.3 is 0 Å². The van der Waals surface area contributed by atoms with Crippen molar-refractivity contribution in [2.75, 3.05) is 0 Å². The Morgan fingerprint density at radius 2 is 1.67 bits per heavy atom. The van der Waals surface area contributed by atoms with E-state index in [1.165, 1.54) is 25.1 Å². The molecule has 0 heterocycles. The van der Waals surface area contributed by atoms with Crippen LogP contribution in [0.3, 0.4) is 0 Å². The van der Waals surface area contributed by atoms with E-state index in [2.05, 4.69) is 15.9 Å². The molecule has 6 heteroatoms. The average Bonchev–Trinajstić information content (AvgIpc) is 2.42. The van der Waals surface area contributed by atoms with Gasteiger partial charge in [0.2, 0.25) is 0 Å². The van der Waals surface area contributed by atoms with Gasteiger partial charge in [-0.05, 0) is 41.1 Å². The first-order valence-corrected chi connectivity index (χ1v) is 6.82. The van der Waals surface area contributed by atoms with Gasteiger partial charge in [0.25, 0.3) is 0 Å². The van der Waals surface area contributed by atoms with Gasteiger partial charge in [0.1, 0.15) is 11.6 Å². The molecule has 21 heavy (non-hydrogen) atoms. The van der Waals surface area contributed by atoms with E-state index in [9.17, 15) is 22.7 Å². The molecule has 1 N–H and O–H groups in total. The quantitative estimate of drug-likeness (QED) is 0.631. The lowest BCUT2D eigenvalue weighted by Gasteiger charge is -2.25. The van der Waals surface area contributed by atoms with Crippen LogP contribution < -0.4 is 0 Å². The number of benzene rings is 2. The minimum absolute atomic E-state index is 0.0226. The zero-order valence-electron chi connectivity index (χ0n) is 10.9. The monoisotopic (exact) mass is 362 g/mol. The molecular formula is C15H11BrF4O. The van der Waals surface area contributed by atoms with Crippen LogP contribution in [0, 0.1) is 23.3 Å². The van der Waals surface area contributed by atoms with E-state index in [1.54, 1.807) is 0 Å². The second-order valence-electron chi connectivity index (χ2n) is 4.87. The Hall–Kier alpha value is -1.40. The molecule has 2 aromatic rings. The smallest absolute Gasteiger partial charge is 0.164 e. The van der Waals surface area contributed by atoms with Gasteiger partial charge in [-0.2, -0.15) is 0 Å². The Bertz CT molecular complexity index is 686. The zero-order chi connectivity index (χ0) is 15.8. The molecule has 0 saturated heterocycles. The fraction of sp³-hybridized carbons (Fsp3) is 0.200. The highest BCUT2D eigenvalue weighted by atomic mass is 79.9. The lowest BCUT2D eigenvalue weighted by atomic mass is 9.88. The molecule has 1 atom stereocenters. The number of aliphatic hydroxyl groups is 1. The summed E-state index contributed by atoms with van der Waals surface area (Å²) < 4.78 is 54.6. The summed E-state index contributed by atoms with van der Waals surface area (Å²) in [6.45, 7) is 1.17. The molecule has 0 bridgehead atoms. The molecule has 1 unspecified atom stereocenters. The van der Waals surface area contributed by atoms with Crippen molar-refractivity contribution in [2.45, 2.75) is 18.9 Å². The van der Waals surface area contributed by atoms with Crippen LogP contribution in [0.4, 0.5) is 17.6 Å². The SMILES string of the molecule is CC(O)(Cc1c(F)ccc(Br)c1F)c1cccc(F)c1F. The van der Waals surface area contributed by atoms with Crippen molar-refractivity contribution in [2.24, 2.45) is 0 Å². The average molecular weight is 363 g/mol. The molecule has 2 rings (SSSR count). The van der Waals surface area contributed by atoms with Gasteiger partial charge in [0.05, 0.1) is 10.1 Å². The first-order valence-electron chi connectivity index (χ1n) is 6.03. The Balaban J connectivity index is 2.47. The van der Waals surface area contributed by atoms with Crippen LogP contribution in [0.2, 0.25) is 0 Å². The third kappa shape index (κ3) is 3.11. The summed E-state index contributed by atoms with van der Waals surface area (Å²) in [6, 6.07) is 5.50. The van der Waals surface area contributed by atoms with Gasteiger partial charge in [-0.1, -0.05) is 12.1 Å². The van der Waals surface area contributed by atoms with Crippen LogP contribution >= 0.6 is 15.9 Å². The molecule has 2 aromatic carbocycles. The zero-order valence-corrected chi connectivity index (χ0v) is 12.5. The number of hydrogen-bond donors (Lipinski definition) is 1. The Kier molecular flexibility index (Phi) is 4.39. The van der Waals surface area contributed by atoms with E-state index in [-0.39, 0.29) is 10.0 Å². The number of halogens is 5. The maximum Gasteiger partial charge on any atom is 0.164 e. The minimum atomic E-state index is -1.96. The van der Waals surface area contributed by atoms with Crippen LogP contribution in [0.5, 0.6) is 0 Å². The van der Waals surface area contributed by atoms with Gasteiger partial charge in [-0.15, -0.1) is 0 Å².